The van der Waals surface area contributed by atoms with Crippen LogP contribution in [0.1, 0.15) is 42.3 Å². The molecule has 1 rings (SSSR count). The monoisotopic (exact) mass is 274 g/mol. The molecule has 0 fully saturated rings. The molecule has 14 heavy (non-hydrogen) atoms. The molecule has 0 bridgehead atoms. The van der Waals surface area contributed by atoms with Crippen LogP contribution in [0.3, 0.4) is 0 Å². The van der Waals surface area contributed by atoms with Gasteiger partial charge in [-0.25, -0.2) is 0 Å². The van der Waals surface area contributed by atoms with Crippen LogP contribution in [0.15, 0.2) is 12.1 Å². The van der Waals surface area contributed by atoms with Crippen molar-refractivity contribution in [2.75, 3.05) is 0 Å². The second kappa shape index (κ2) is 4.36. The highest BCUT2D eigenvalue weighted by atomic mass is 79.9. The van der Waals surface area contributed by atoms with Gasteiger partial charge in [0.2, 0.25) is 0 Å². The van der Waals surface area contributed by atoms with E-state index in [4.69, 9.17) is 0 Å². The smallest absolute Gasteiger partial charge is 0.0519 e. The van der Waals surface area contributed by atoms with Crippen molar-refractivity contribution in [1.82, 2.24) is 0 Å². The van der Waals surface area contributed by atoms with Crippen molar-refractivity contribution in [2.45, 2.75) is 39.4 Å². The van der Waals surface area contributed by atoms with Gasteiger partial charge >= 0.3 is 0 Å². The summed E-state index contributed by atoms with van der Waals surface area (Å²) < 4.78 is 0. The lowest BCUT2D eigenvalue weighted by Gasteiger charge is -2.30. The summed E-state index contributed by atoms with van der Waals surface area (Å²) in [5.41, 5.74) is 0.353. The molecule has 0 saturated carbocycles. The van der Waals surface area contributed by atoms with E-state index in [9.17, 15) is 0 Å². The summed E-state index contributed by atoms with van der Waals surface area (Å²) in [7, 11) is 0. The van der Waals surface area contributed by atoms with Gasteiger partial charge in [0.1, 0.15) is 0 Å². The van der Waals surface area contributed by atoms with Gasteiger partial charge in [0, 0.05) is 9.75 Å². The molecular formula is C12H19BrS. The number of rotatable bonds is 2. The van der Waals surface area contributed by atoms with E-state index >= 15 is 0 Å². The average Bonchev–Trinajstić information content (AvgIpc) is 2.47. The first-order valence-electron chi connectivity index (χ1n) is 5.03. The number of alkyl halides is 1. The molecule has 0 aliphatic rings. The Morgan fingerprint density at radius 1 is 1.29 bits per heavy atom. The minimum atomic E-state index is 0.353. The Kier molecular flexibility index (Phi) is 3.81. The predicted molar refractivity (Wildman–Crippen MR) is 69.3 cm³/mol. The van der Waals surface area contributed by atoms with Gasteiger partial charge in [-0.2, -0.15) is 0 Å². The maximum atomic E-state index is 3.81. The van der Waals surface area contributed by atoms with Crippen LogP contribution in [0.2, 0.25) is 0 Å². The fourth-order valence-corrected chi connectivity index (χ4v) is 3.47. The van der Waals surface area contributed by atoms with Crippen molar-refractivity contribution in [3.8, 4) is 0 Å². The minimum absolute atomic E-state index is 0.353. The Morgan fingerprint density at radius 2 is 1.86 bits per heavy atom. The van der Waals surface area contributed by atoms with Crippen molar-refractivity contribution in [1.29, 1.82) is 0 Å². The highest BCUT2D eigenvalue weighted by molar-refractivity contribution is 9.09. The molecule has 80 valence electrons. The van der Waals surface area contributed by atoms with E-state index in [2.05, 4.69) is 62.7 Å². The molecule has 1 aromatic heterocycles. The highest BCUT2D eigenvalue weighted by Gasteiger charge is 2.28. The van der Waals surface area contributed by atoms with Crippen LogP contribution < -0.4 is 0 Å². The summed E-state index contributed by atoms with van der Waals surface area (Å²) in [4.78, 5) is 3.33. The minimum Gasteiger partial charge on any atom is -0.145 e. The highest BCUT2D eigenvalue weighted by Crippen LogP contribution is 2.43. The zero-order chi connectivity index (χ0) is 10.9. The molecule has 0 aliphatic carbocycles. The summed E-state index contributed by atoms with van der Waals surface area (Å²) >= 11 is 5.70. The van der Waals surface area contributed by atoms with Crippen molar-refractivity contribution in [3.05, 3.63) is 21.9 Å². The summed E-state index contributed by atoms with van der Waals surface area (Å²) in [5.74, 6) is 0.639. The third-order valence-corrected chi connectivity index (χ3v) is 5.51. The largest absolute Gasteiger partial charge is 0.145 e. The van der Waals surface area contributed by atoms with Crippen molar-refractivity contribution >= 4 is 27.3 Å². The fourth-order valence-electron chi connectivity index (χ4n) is 1.29. The van der Waals surface area contributed by atoms with E-state index in [1.807, 2.05) is 11.3 Å². The Balaban J connectivity index is 2.80. The molecular weight excluding hydrogens is 256 g/mol. The Bertz CT molecular complexity index is 296. The van der Waals surface area contributed by atoms with Gasteiger partial charge in [0.15, 0.2) is 0 Å². The van der Waals surface area contributed by atoms with Crippen LogP contribution in [0.25, 0.3) is 0 Å². The van der Waals surface area contributed by atoms with Crippen LogP contribution in [-0.4, -0.2) is 0 Å². The molecule has 2 heteroatoms. The zero-order valence-corrected chi connectivity index (χ0v) is 12.0. The molecule has 0 nitrogen and oxygen atoms in total. The number of hydrogen-bond acceptors (Lipinski definition) is 1. The number of halogens is 1. The van der Waals surface area contributed by atoms with Gasteiger partial charge in [-0.3, -0.25) is 0 Å². The third-order valence-electron chi connectivity index (χ3n) is 2.84. The first-order chi connectivity index (χ1) is 6.32. The van der Waals surface area contributed by atoms with Crippen LogP contribution in [0.5, 0.6) is 0 Å². The second-order valence-corrected chi connectivity index (χ2v) is 7.31. The van der Waals surface area contributed by atoms with E-state index < -0.39 is 0 Å². The molecule has 0 radical (unpaired) electrons. The first-order valence-corrected chi connectivity index (χ1v) is 6.76. The van der Waals surface area contributed by atoms with Gasteiger partial charge < -0.3 is 0 Å². The van der Waals surface area contributed by atoms with E-state index in [1.165, 1.54) is 9.75 Å². The third kappa shape index (κ3) is 2.83. The molecule has 0 saturated heterocycles. The lowest BCUT2D eigenvalue weighted by molar-refractivity contribution is 0.260. The molecule has 0 amide bonds. The van der Waals surface area contributed by atoms with Crippen LogP contribution >= 0.6 is 27.3 Å². The first kappa shape index (κ1) is 12.3. The number of hydrogen-bond donors (Lipinski definition) is 0. The maximum absolute atomic E-state index is 3.81. The van der Waals surface area contributed by atoms with Crippen LogP contribution in [0, 0.1) is 18.3 Å². The molecule has 0 aliphatic heterocycles. The Morgan fingerprint density at radius 3 is 2.21 bits per heavy atom. The predicted octanol–water partition coefficient (Wildman–Crippen LogP) is 5.17. The van der Waals surface area contributed by atoms with Crippen molar-refractivity contribution in [3.63, 3.8) is 0 Å². The molecule has 2 unspecified atom stereocenters. The summed E-state index contributed by atoms with van der Waals surface area (Å²) in [6.45, 7) is 11.4. The Labute approximate surface area is 99.9 Å². The van der Waals surface area contributed by atoms with Gasteiger partial charge in [0.25, 0.3) is 0 Å². The Hall–Kier alpha value is 0.180. The molecule has 1 heterocycles. The molecule has 1 aromatic rings. The van der Waals surface area contributed by atoms with E-state index in [1.54, 1.807) is 0 Å². The van der Waals surface area contributed by atoms with Crippen LogP contribution in [-0.2, 0) is 0 Å². The van der Waals surface area contributed by atoms with Gasteiger partial charge in [-0.05, 0) is 30.4 Å². The van der Waals surface area contributed by atoms with E-state index in [0.717, 1.165) is 0 Å². The number of thiophene rings is 1. The summed E-state index contributed by atoms with van der Waals surface area (Å²) in [5, 5.41) is 0. The quantitative estimate of drug-likeness (QED) is 0.653. The lowest BCUT2D eigenvalue weighted by atomic mass is 9.80. The maximum Gasteiger partial charge on any atom is 0.0519 e. The van der Waals surface area contributed by atoms with Crippen molar-refractivity contribution in [2.24, 2.45) is 11.3 Å². The SMILES string of the molecule is Cc1ccc(C(Br)C(C)C(C)(C)C)s1. The standard InChI is InChI=1S/C12H19BrS/c1-8-6-7-10(14-8)11(13)9(2)12(3,4)5/h6-7,9,11H,1-5H3. The fraction of sp³-hybridized carbons (Fsp3) is 0.667. The topological polar surface area (TPSA) is 0 Å². The van der Waals surface area contributed by atoms with Crippen molar-refractivity contribution < 1.29 is 0 Å². The van der Waals surface area contributed by atoms with E-state index in [0.29, 0.717) is 16.2 Å². The van der Waals surface area contributed by atoms with Gasteiger partial charge in [0.05, 0.1) is 4.83 Å². The second-order valence-electron chi connectivity index (χ2n) is 5.00. The molecule has 0 spiro atoms. The molecule has 2 atom stereocenters. The summed E-state index contributed by atoms with van der Waals surface area (Å²) in [6.07, 6.45) is 0. The zero-order valence-electron chi connectivity index (χ0n) is 9.60. The average molecular weight is 275 g/mol. The molecule has 0 N–H and O–H groups in total. The number of aryl methyl sites for hydroxylation is 1. The lowest BCUT2D eigenvalue weighted by Crippen LogP contribution is -2.20. The normalized spacial score (nSPS) is 16.7. The molecule has 0 aromatic carbocycles. The van der Waals surface area contributed by atoms with Crippen LogP contribution in [0.4, 0.5) is 0 Å². The van der Waals surface area contributed by atoms with Gasteiger partial charge in [-0.1, -0.05) is 43.6 Å². The van der Waals surface area contributed by atoms with E-state index in [-0.39, 0.29) is 0 Å². The van der Waals surface area contributed by atoms with Gasteiger partial charge in [-0.15, -0.1) is 11.3 Å². The summed E-state index contributed by atoms with van der Waals surface area (Å²) in [6, 6.07) is 4.44.